The van der Waals surface area contributed by atoms with Crippen LogP contribution in [0.1, 0.15) is 6.93 Å². The second-order valence-corrected chi connectivity index (χ2v) is 3.98. The Morgan fingerprint density at radius 3 is 2.94 bits per heavy atom. The summed E-state index contributed by atoms with van der Waals surface area (Å²) in [6.07, 6.45) is 2.29. The van der Waals surface area contributed by atoms with Crippen molar-refractivity contribution in [2.75, 3.05) is 7.11 Å². The standard InChI is InChI=1S/C13H16N2O2.ClH/c1-15-8-9(7-11(14)13(16)17-2)10-5-3-4-6-12(10)15;/h3-6,8,11H,7,14H2,1-2H3;1H/t11-;/m0./s1/i1D;. The normalized spacial score (nSPS) is 12.7. The minimum atomic E-state index is -0.667. The van der Waals surface area contributed by atoms with E-state index in [-0.39, 0.29) is 19.4 Å². The Balaban J connectivity index is 0.00000180. The van der Waals surface area contributed by atoms with Crippen LogP contribution in [0.25, 0.3) is 10.9 Å². The van der Waals surface area contributed by atoms with Gasteiger partial charge in [0, 0.05) is 31.9 Å². The highest BCUT2D eigenvalue weighted by molar-refractivity contribution is 5.85. The molecule has 0 unspecified atom stereocenters. The lowest BCUT2D eigenvalue weighted by atomic mass is 10.1. The van der Waals surface area contributed by atoms with E-state index in [1.165, 1.54) is 7.11 Å². The lowest BCUT2D eigenvalue weighted by Crippen LogP contribution is -2.33. The molecule has 0 saturated heterocycles. The van der Waals surface area contributed by atoms with Crippen LogP contribution in [-0.2, 0) is 23.0 Å². The third-order valence-electron chi connectivity index (χ3n) is 2.81. The Kier molecular flexibility index (Phi) is 4.23. The maximum atomic E-state index is 11.3. The minimum Gasteiger partial charge on any atom is -0.468 e. The first-order valence-electron chi connectivity index (χ1n) is 6.07. The molecule has 98 valence electrons. The Morgan fingerprint density at radius 1 is 1.56 bits per heavy atom. The monoisotopic (exact) mass is 269 g/mol. The molecule has 1 aromatic heterocycles. The molecule has 18 heavy (non-hydrogen) atoms. The van der Waals surface area contributed by atoms with Crippen molar-refractivity contribution in [3.05, 3.63) is 36.0 Å². The summed E-state index contributed by atoms with van der Waals surface area (Å²) < 4.78 is 13.9. The molecular formula is C13H17ClN2O2. The fourth-order valence-electron chi connectivity index (χ4n) is 1.96. The first-order valence-corrected chi connectivity index (χ1v) is 5.36. The third kappa shape index (κ3) is 2.66. The number of para-hydroxylation sites is 1. The Bertz CT molecular complexity index is 571. The van der Waals surface area contributed by atoms with Gasteiger partial charge in [-0.3, -0.25) is 4.79 Å². The number of hydrogen-bond donors (Lipinski definition) is 1. The molecule has 0 fully saturated rings. The molecule has 0 spiro atoms. The van der Waals surface area contributed by atoms with Crippen LogP contribution < -0.4 is 5.73 Å². The number of carbonyl (C=O) groups is 1. The van der Waals surface area contributed by atoms with Crippen LogP contribution in [0.15, 0.2) is 30.5 Å². The number of nitrogens with zero attached hydrogens (tertiary/aromatic N) is 1. The van der Waals surface area contributed by atoms with Gasteiger partial charge >= 0.3 is 5.97 Å². The Morgan fingerprint density at radius 2 is 2.28 bits per heavy atom. The fraction of sp³-hybridized carbons (Fsp3) is 0.308. The molecule has 0 radical (unpaired) electrons. The average molecular weight is 270 g/mol. The van der Waals surface area contributed by atoms with Crippen molar-refractivity contribution < 1.29 is 10.9 Å². The van der Waals surface area contributed by atoms with Gasteiger partial charge in [0.2, 0.25) is 0 Å². The molecule has 5 heteroatoms. The van der Waals surface area contributed by atoms with Crippen LogP contribution in [0.5, 0.6) is 0 Å². The number of methoxy groups -OCH3 is 1. The highest BCUT2D eigenvalue weighted by Gasteiger charge is 2.16. The van der Waals surface area contributed by atoms with Crippen LogP contribution in [0, 0.1) is 0 Å². The van der Waals surface area contributed by atoms with E-state index in [4.69, 9.17) is 7.10 Å². The molecule has 1 aromatic carbocycles. The molecule has 0 amide bonds. The topological polar surface area (TPSA) is 57.2 Å². The van der Waals surface area contributed by atoms with E-state index in [0.29, 0.717) is 6.42 Å². The molecule has 1 atom stereocenters. The molecule has 0 saturated carbocycles. The van der Waals surface area contributed by atoms with Gasteiger partial charge in [-0.15, -0.1) is 12.4 Å². The summed E-state index contributed by atoms with van der Waals surface area (Å²) in [7, 11) is 1.48. The number of benzene rings is 1. The van der Waals surface area contributed by atoms with Gasteiger partial charge in [-0.1, -0.05) is 18.2 Å². The fourth-order valence-corrected chi connectivity index (χ4v) is 1.96. The SMILES string of the molecule is Cl.[2H]Cn1cc(C[C@H](N)C(=O)OC)c2ccccc21. The van der Waals surface area contributed by atoms with Crippen LogP contribution in [0.3, 0.4) is 0 Å². The highest BCUT2D eigenvalue weighted by Crippen LogP contribution is 2.21. The number of aryl methyl sites for hydroxylation is 1. The second kappa shape index (κ2) is 5.89. The zero-order valence-corrected chi connectivity index (χ0v) is 10.9. The van der Waals surface area contributed by atoms with Crippen LogP contribution in [0.2, 0.25) is 0 Å². The van der Waals surface area contributed by atoms with Crippen molar-refractivity contribution in [2.24, 2.45) is 12.8 Å². The summed E-state index contributed by atoms with van der Waals surface area (Å²) in [5.41, 5.74) is 7.72. The molecule has 0 bridgehead atoms. The predicted octanol–water partition coefficient (Wildman–Crippen LogP) is 1.64. The molecule has 2 rings (SSSR count). The van der Waals surface area contributed by atoms with Crippen molar-refractivity contribution in [3.63, 3.8) is 0 Å². The van der Waals surface area contributed by atoms with Gasteiger partial charge in [0.05, 0.1) is 7.11 Å². The Hall–Kier alpha value is -1.52. The van der Waals surface area contributed by atoms with Crippen LogP contribution in [0.4, 0.5) is 0 Å². The summed E-state index contributed by atoms with van der Waals surface area (Å²) in [5, 5.41) is 1.03. The van der Waals surface area contributed by atoms with Crippen molar-refractivity contribution in [2.45, 2.75) is 12.5 Å². The van der Waals surface area contributed by atoms with E-state index in [1.807, 2.05) is 35.0 Å². The second-order valence-electron chi connectivity index (χ2n) is 3.98. The predicted molar refractivity (Wildman–Crippen MR) is 73.9 cm³/mol. The number of ether oxygens (including phenoxy) is 1. The first-order chi connectivity index (χ1) is 8.67. The molecule has 4 nitrogen and oxygen atoms in total. The van der Waals surface area contributed by atoms with Crippen LogP contribution in [-0.4, -0.2) is 23.7 Å². The molecular weight excluding hydrogens is 252 g/mol. The average Bonchev–Trinajstić information content (AvgIpc) is 2.76. The number of fused-ring (bicyclic) bond motifs is 1. The van der Waals surface area contributed by atoms with Gasteiger partial charge in [0.15, 0.2) is 0 Å². The maximum Gasteiger partial charge on any atom is 0.322 e. The van der Waals surface area contributed by atoms with Gasteiger partial charge in [-0.05, 0) is 11.6 Å². The largest absolute Gasteiger partial charge is 0.468 e. The molecule has 0 aliphatic carbocycles. The summed E-state index contributed by atoms with van der Waals surface area (Å²) in [6, 6.07) is 7.13. The van der Waals surface area contributed by atoms with E-state index < -0.39 is 12.0 Å². The third-order valence-corrected chi connectivity index (χ3v) is 2.81. The smallest absolute Gasteiger partial charge is 0.322 e. The van der Waals surface area contributed by atoms with Crippen LogP contribution >= 0.6 is 12.4 Å². The van der Waals surface area contributed by atoms with Gasteiger partial charge < -0.3 is 15.0 Å². The van der Waals surface area contributed by atoms with Gasteiger partial charge in [0.1, 0.15) is 6.04 Å². The van der Waals surface area contributed by atoms with Crippen molar-refractivity contribution in [1.29, 1.82) is 0 Å². The zero-order chi connectivity index (χ0) is 13.1. The number of hydrogen-bond acceptors (Lipinski definition) is 3. The number of rotatable bonds is 3. The number of nitrogens with two attached hydrogens (primary N) is 1. The number of halogens is 1. The van der Waals surface area contributed by atoms with Crippen molar-refractivity contribution in [1.82, 2.24) is 4.57 Å². The van der Waals surface area contributed by atoms with E-state index in [2.05, 4.69) is 4.74 Å². The van der Waals surface area contributed by atoms with Gasteiger partial charge in [-0.25, -0.2) is 0 Å². The number of carbonyl (C=O) groups excluding carboxylic acids is 1. The first kappa shape index (κ1) is 12.9. The Labute approximate surface area is 114 Å². The van der Waals surface area contributed by atoms with Gasteiger partial charge in [0.25, 0.3) is 0 Å². The zero-order valence-electron chi connectivity index (χ0n) is 11.1. The van der Waals surface area contributed by atoms with E-state index in [9.17, 15) is 4.79 Å². The van der Waals surface area contributed by atoms with E-state index in [1.54, 1.807) is 0 Å². The number of aromatic nitrogens is 1. The summed E-state index contributed by atoms with van der Waals surface area (Å²) in [4.78, 5) is 11.3. The lowest BCUT2D eigenvalue weighted by Gasteiger charge is -2.07. The lowest BCUT2D eigenvalue weighted by molar-refractivity contribution is -0.142. The highest BCUT2D eigenvalue weighted by atomic mass is 35.5. The summed E-state index contributed by atoms with van der Waals surface area (Å²) in [6.45, 7) is 0. The van der Waals surface area contributed by atoms with Crippen molar-refractivity contribution in [3.8, 4) is 0 Å². The van der Waals surface area contributed by atoms with E-state index in [0.717, 1.165) is 16.5 Å². The molecule has 0 aliphatic rings. The maximum absolute atomic E-state index is 11.3. The molecule has 2 N–H and O–H groups in total. The molecule has 1 heterocycles. The quantitative estimate of drug-likeness (QED) is 0.862. The molecule has 0 aliphatic heterocycles. The van der Waals surface area contributed by atoms with Crippen molar-refractivity contribution >= 4 is 29.3 Å². The molecule has 2 aromatic rings. The number of esters is 1. The summed E-state index contributed by atoms with van der Waals surface area (Å²) in [5.74, 6) is -0.419. The summed E-state index contributed by atoms with van der Waals surface area (Å²) >= 11 is 0. The minimum absolute atomic E-state index is 0. The van der Waals surface area contributed by atoms with Gasteiger partial charge in [-0.2, -0.15) is 0 Å². The van der Waals surface area contributed by atoms with E-state index >= 15 is 0 Å².